The minimum Gasteiger partial charge on any atom is -0.344 e. The van der Waals surface area contributed by atoms with Gasteiger partial charge < -0.3 is 4.90 Å². The van der Waals surface area contributed by atoms with Gasteiger partial charge in [0.15, 0.2) is 0 Å². The van der Waals surface area contributed by atoms with Gasteiger partial charge in [-0.2, -0.15) is 17.0 Å². The third kappa shape index (κ3) is 3.64. The highest BCUT2D eigenvalue weighted by Crippen LogP contribution is 2.36. The predicted octanol–water partition coefficient (Wildman–Crippen LogP) is 2.67. The predicted molar refractivity (Wildman–Crippen MR) is 71.8 cm³/mol. The fourth-order valence-corrected chi connectivity index (χ4v) is 2.86. The number of hydrogen-bond acceptors (Lipinski definition) is 3. The van der Waals surface area contributed by atoms with Crippen LogP contribution in [0, 0.1) is 16.7 Å². The zero-order valence-electron chi connectivity index (χ0n) is 10.9. The lowest BCUT2D eigenvalue weighted by Crippen LogP contribution is -2.42. The number of amides is 1. The summed E-state index contributed by atoms with van der Waals surface area (Å²) in [6.45, 7) is 0.740. The SMILES string of the molecule is CSCCN(C)C(=O)C1(C#N)CCCCCC1. The molecule has 4 heteroatoms. The molecule has 0 aromatic heterocycles. The van der Waals surface area contributed by atoms with E-state index in [0.29, 0.717) is 0 Å². The molecular weight excluding hydrogens is 232 g/mol. The molecule has 1 saturated carbocycles. The summed E-state index contributed by atoms with van der Waals surface area (Å²) >= 11 is 1.73. The summed E-state index contributed by atoms with van der Waals surface area (Å²) in [6, 6.07) is 2.32. The van der Waals surface area contributed by atoms with Crippen molar-refractivity contribution >= 4 is 17.7 Å². The number of rotatable bonds is 4. The van der Waals surface area contributed by atoms with Crippen LogP contribution in [0.5, 0.6) is 0 Å². The van der Waals surface area contributed by atoms with Crippen molar-refractivity contribution in [2.75, 3.05) is 25.6 Å². The van der Waals surface area contributed by atoms with E-state index in [1.165, 1.54) is 0 Å². The van der Waals surface area contributed by atoms with Gasteiger partial charge in [-0.3, -0.25) is 4.79 Å². The molecular formula is C13H22N2OS. The molecule has 0 radical (unpaired) electrons. The lowest BCUT2D eigenvalue weighted by Gasteiger charge is -2.29. The van der Waals surface area contributed by atoms with Gasteiger partial charge in [-0.15, -0.1) is 0 Å². The van der Waals surface area contributed by atoms with Crippen LogP contribution in [0.25, 0.3) is 0 Å². The average molecular weight is 254 g/mol. The van der Waals surface area contributed by atoms with Crippen LogP contribution in [0.15, 0.2) is 0 Å². The number of nitriles is 1. The van der Waals surface area contributed by atoms with Crippen LogP contribution in [-0.2, 0) is 4.79 Å². The first-order valence-electron chi connectivity index (χ1n) is 6.32. The Labute approximate surface area is 109 Å². The van der Waals surface area contributed by atoms with Crippen molar-refractivity contribution in [2.45, 2.75) is 38.5 Å². The molecule has 1 amide bonds. The first kappa shape index (κ1) is 14.4. The van der Waals surface area contributed by atoms with Gasteiger partial charge in [0, 0.05) is 19.3 Å². The molecule has 0 unspecified atom stereocenters. The Morgan fingerprint density at radius 3 is 2.41 bits per heavy atom. The first-order valence-corrected chi connectivity index (χ1v) is 7.71. The quantitative estimate of drug-likeness (QED) is 0.724. The minimum absolute atomic E-state index is 0.0379. The van der Waals surface area contributed by atoms with Crippen LogP contribution < -0.4 is 0 Å². The second-order valence-electron chi connectivity index (χ2n) is 4.83. The second-order valence-corrected chi connectivity index (χ2v) is 5.81. The van der Waals surface area contributed by atoms with Gasteiger partial charge in [0.1, 0.15) is 5.41 Å². The van der Waals surface area contributed by atoms with Crippen molar-refractivity contribution in [3.05, 3.63) is 0 Å². The highest BCUT2D eigenvalue weighted by Gasteiger charge is 2.40. The number of hydrogen-bond donors (Lipinski definition) is 0. The van der Waals surface area contributed by atoms with Crippen LogP contribution in [0.2, 0.25) is 0 Å². The number of carbonyl (C=O) groups is 1. The van der Waals surface area contributed by atoms with E-state index in [2.05, 4.69) is 6.07 Å². The minimum atomic E-state index is -0.732. The third-order valence-electron chi connectivity index (χ3n) is 3.56. The van der Waals surface area contributed by atoms with E-state index < -0.39 is 5.41 Å². The van der Waals surface area contributed by atoms with Gasteiger partial charge in [-0.1, -0.05) is 25.7 Å². The normalized spacial score (nSPS) is 19.1. The van der Waals surface area contributed by atoms with Crippen molar-refractivity contribution in [3.63, 3.8) is 0 Å². The van der Waals surface area contributed by atoms with E-state index in [-0.39, 0.29) is 5.91 Å². The summed E-state index contributed by atoms with van der Waals surface area (Å²) in [7, 11) is 1.82. The van der Waals surface area contributed by atoms with Crippen molar-refractivity contribution < 1.29 is 4.79 Å². The Kier molecular flexibility index (Phi) is 5.84. The zero-order chi connectivity index (χ0) is 12.7. The zero-order valence-corrected chi connectivity index (χ0v) is 11.7. The van der Waals surface area contributed by atoms with Gasteiger partial charge in [-0.05, 0) is 19.1 Å². The van der Waals surface area contributed by atoms with Crippen LogP contribution in [0.4, 0.5) is 0 Å². The van der Waals surface area contributed by atoms with E-state index in [0.717, 1.165) is 50.8 Å². The Morgan fingerprint density at radius 2 is 1.94 bits per heavy atom. The van der Waals surface area contributed by atoms with Gasteiger partial charge in [0.2, 0.25) is 5.91 Å². The molecule has 17 heavy (non-hydrogen) atoms. The molecule has 0 N–H and O–H groups in total. The molecule has 0 aliphatic heterocycles. The van der Waals surface area contributed by atoms with Gasteiger partial charge >= 0.3 is 0 Å². The molecule has 0 atom stereocenters. The van der Waals surface area contributed by atoms with E-state index in [1.54, 1.807) is 16.7 Å². The molecule has 96 valence electrons. The molecule has 0 bridgehead atoms. The fraction of sp³-hybridized carbons (Fsp3) is 0.846. The molecule has 1 aliphatic rings. The summed E-state index contributed by atoms with van der Waals surface area (Å²) in [5.41, 5.74) is -0.732. The Morgan fingerprint density at radius 1 is 1.35 bits per heavy atom. The molecule has 3 nitrogen and oxygen atoms in total. The smallest absolute Gasteiger partial charge is 0.242 e. The Balaban J connectivity index is 2.70. The maximum absolute atomic E-state index is 12.4. The van der Waals surface area contributed by atoms with Crippen molar-refractivity contribution in [1.29, 1.82) is 5.26 Å². The summed E-state index contributed by atoms with van der Waals surface area (Å²) in [4.78, 5) is 14.1. The Bertz CT molecular complexity index is 290. The first-order chi connectivity index (χ1) is 8.16. The number of carbonyl (C=O) groups excluding carboxylic acids is 1. The number of thioether (sulfide) groups is 1. The summed E-state index contributed by atoms with van der Waals surface area (Å²) < 4.78 is 0. The van der Waals surface area contributed by atoms with Crippen molar-refractivity contribution in [1.82, 2.24) is 4.90 Å². The monoisotopic (exact) mass is 254 g/mol. The van der Waals surface area contributed by atoms with Crippen molar-refractivity contribution in [2.24, 2.45) is 5.41 Å². The van der Waals surface area contributed by atoms with Crippen LogP contribution in [0.1, 0.15) is 38.5 Å². The lowest BCUT2D eigenvalue weighted by molar-refractivity contribution is -0.138. The molecule has 0 spiro atoms. The van der Waals surface area contributed by atoms with Crippen LogP contribution in [-0.4, -0.2) is 36.4 Å². The van der Waals surface area contributed by atoms with E-state index in [1.807, 2.05) is 13.3 Å². The fourth-order valence-electron chi connectivity index (χ4n) is 2.40. The summed E-state index contributed by atoms with van der Waals surface area (Å²) in [6.07, 6.45) is 7.85. The van der Waals surface area contributed by atoms with Crippen LogP contribution in [0.3, 0.4) is 0 Å². The summed E-state index contributed by atoms with van der Waals surface area (Å²) in [5.74, 6) is 0.972. The van der Waals surface area contributed by atoms with Gasteiger partial charge in [0.25, 0.3) is 0 Å². The van der Waals surface area contributed by atoms with E-state index in [4.69, 9.17) is 0 Å². The topological polar surface area (TPSA) is 44.1 Å². The number of nitrogens with zero attached hydrogens (tertiary/aromatic N) is 2. The lowest BCUT2D eigenvalue weighted by atomic mass is 9.80. The van der Waals surface area contributed by atoms with Crippen LogP contribution >= 0.6 is 11.8 Å². The summed E-state index contributed by atoms with van der Waals surface area (Å²) in [5, 5.41) is 9.41. The van der Waals surface area contributed by atoms with Gasteiger partial charge in [-0.25, -0.2) is 0 Å². The highest BCUT2D eigenvalue weighted by molar-refractivity contribution is 7.98. The molecule has 0 aromatic rings. The Hall–Kier alpha value is -0.690. The standard InChI is InChI=1S/C13H22N2OS/c1-15(9-10-17-2)12(16)13(11-14)7-5-3-4-6-8-13/h3-10H2,1-2H3. The molecule has 1 aliphatic carbocycles. The van der Waals surface area contributed by atoms with Crippen molar-refractivity contribution in [3.8, 4) is 6.07 Å². The molecule has 1 fully saturated rings. The van der Waals surface area contributed by atoms with E-state index in [9.17, 15) is 10.1 Å². The van der Waals surface area contributed by atoms with E-state index >= 15 is 0 Å². The molecule has 1 rings (SSSR count). The third-order valence-corrected chi connectivity index (χ3v) is 4.15. The molecule has 0 aromatic carbocycles. The maximum Gasteiger partial charge on any atom is 0.242 e. The molecule has 0 heterocycles. The second kappa shape index (κ2) is 6.90. The highest BCUT2D eigenvalue weighted by atomic mass is 32.2. The van der Waals surface area contributed by atoms with Gasteiger partial charge in [0.05, 0.1) is 6.07 Å². The molecule has 0 saturated heterocycles. The largest absolute Gasteiger partial charge is 0.344 e. The average Bonchev–Trinajstić information content (AvgIpc) is 2.61. The maximum atomic E-state index is 12.4.